The van der Waals surface area contributed by atoms with Crippen LogP contribution in [-0.4, -0.2) is 19.0 Å². The maximum Gasteiger partial charge on any atom is 0.224 e. The van der Waals surface area contributed by atoms with Crippen molar-refractivity contribution in [3.63, 3.8) is 0 Å². The summed E-state index contributed by atoms with van der Waals surface area (Å²) in [6.45, 7) is 8.37. The quantitative estimate of drug-likeness (QED) is 0.833. The summed E-state index contributed by atoms with van der Waals surface area (Å²) in [5, 5.41) is 2.89. The van der Waals surface area contributed by atoms with Gasteiger partial charge in [0.2, 0.25) is 5.91 Å². The normalized spacial score (nSPS) is 18.9. The number of benzene rings is 1. The van der Waals surface area contributed by atoms with Crippen molar-refractivity contribution >= 4 is 23.0 Å². The first-order valence-electron chi connectivity index (χ1n) is 7.46. The van der Waals surface area contributed by atoms with Gasteiger partial charge in [-0.2, -0.15) is 0 Å². The van der Waals surface area contributed by atoms with Crippen molar-refractivity contribution < 1.29 is 4.79 Å². The van der Waals surface area contributed by atoms with Gasteiger partial charge in [0.05, 0.1) is 11.4 Å². The third-order valence-electron chi connectivity index (χ3n) is 3.96. The molecule has 0 saturated carbocycles. The molecule has 2 rings (SSSR count). The van der Waals surface area contributed by atoms with Crippen LogP contribution in [0.1, 0.15) is 38.7 Å². The maximum absolute atomic E-state index is 11.6. The summed E-state index contributed by atoms with van der Waals surface area (Å²) < 4.78 is 0. The van der Waals surface area contributed by atoms with Crippen LogP contribution in [0.15, 0.2) is 12.1 Å². The van der Waals surface area contributed by atoms with Crippen molar-refractivity contribution in [3.8, 4) is 0 Å². The molecule has 3 N–H and O–H groups in total. The zero-order chi connectivity index (χ0) is 14.7. The van der Waals surface area contributed by atoms with Crippen LogP contribution < -0.4 is 16.0 Å². The number of hydrogen-bond acceptors (Lipinski definition) is 3. The lowest BCUT2D eigenvalue weighted by Gasteiger charge is -2.34. The SMILES string of the molecule is CCC(=O)Nc1cc(N2CCCC(C)C2)c(C)cc1N. The first-order chi connectivity index (χ1) is 9.51. The summed E-state index contributed by atoms with van der Waals surface area (Å²) in [5.41, 5.74) is 9.75. The fourth-order valence-electron chi connectivity index (χ4n) is 2.81. The van der Waals surface area contributed by atoms with E-state index in [1.165, 1.54) is 24.1 Å². The number of aryl methyl sites for hydroxylation is 1. The average Bonchev–Trinajstić information content (AvgIpc) is 2.41. The number of carbonyl (C=O) groups excluding carboxylic acids is 1. The first kappa shape index (κ1) is 14.7. The highest BCUT2D eigenvalue weighted by molar-refractivity contribution is 5.94. The first-order valence-corrected chi connectivity index (χ1v) is 7.46. The molecule has 1 aromatic rings. The van der Waals surface area contributed by atoms with E-state index in [-0.39, 0.29) is 5.91 Å². The predicted octanol–water partition coefficient (Wildman–Crippen LogP) is 3.16. The Morgan fingerprint density at radius 2 is 2.25 bits per heavy atom. The van der Waals surface area contributed by atoms with E-state index < -0.39 is 0 Å². The molecule has 1 fully saturated rings. The summed E-state index contributed by atoms with van der Waals surface area (Å²) in [7, 11) is 0. The van der Waals surface area contributed by atoms with Gasteiger partial charge >= 0.3 is 0 Å². The Morgan fingerprint density at radius 1 is 1.50 bits per heavy atom. The second kappa shape index (κ2) is 6.16. The number of piperidine rings is 1. The highest BCUT2D eigenvalue weighted by Crippen LogP contribution is 2.32. The van der Waals surface area contributed by atoms with Crippen LogP contribution in [-0.2, 0) is 4.79 Å². The van der Waals surface area contributed by atoms with Crippen LogP contribution in [0, 0.1) is 12.8 Å². The van der Waals surface area contributed by atoms with Gasteiger partial charge < -0.3 is 16.0 Å². The second-order valence-electron chi connectivity index (χ2n) is 5.82. The molecular formula is C16H25N3O. The second-order valence-corrected chi connectivity index (χ2v) is 5.82. The molecule has 1 saturated heterocycles. The van der Waals surface area contributed by atoms with E-state index in [4.69, 9.17) is 5.73 Å². The van der Waals surface area contributed by atoms with E-state index in [1.807, 2.05) is 19.1 Å². The highest BCUT2D eigenvalue weighted by Gasteiger charge is 2.19. The number of nitrogen functional groups attached to an aromatic ring is 1. The molecule has 0 spiro atoms. The van der Waals surface area contributed by atoms with Gasteiger partial charge in [0.1, 0.15) is 0 Å². The fourth-order valence-corrected chi connectivity index (χ4v) is 2.81. The van der Waals surface area contributed by atoms with Crippen LogP contribution in [0.4, 0.5) is 17.1 Å². The average molecular weight is 275 g/mol. The number of amides is 1. The molecule has 0 radical (unpaired) electrons. The summed E-state index contributed by atoms with van der Waals surface area (Å²) in [6.07, 6.45) is 2.98. The summed E-state index contributed by atoms with van der Waals surface area (Å²) in [6, 6.07) is 3.98. The van der Waals surface area contributed by atoms with Crippen molar-refractivity contribution in [2.75, 3.05) is 29.0 Å². The van der Waals surface area contributed by atoms with E-state index in [0.717, 1.165) is 24.7 Å². The Balaban J connectivity index is 2.28. The van der Waals surface area contributed by atoms with Gasteiger partial charge in [-0.15, -0.1) is 0 Å². The van der Waals surface area contributed by atoms with E-state index in [0.29, 0.717) is 12.1 Å². The van der Waals surface area contributed by atoms with Crippen LogP contribution >= 0.6 is 0 Å². The lowest BCUT2D eigenvalue weighted by Crippen LogP contribution is -2.34. The number of nitrogens with zero attached hydrogens (tertiary/aromatic N) is 1. The third-order valence-corrected chi connectivity index (χ3v) is 3.96. The van der Waals surface area contributed by atoms with E-state index >= 15 is 0 Å². The van der Waals surface area contributed by atoms with Gasteiger partial charge in [0, 0.05) is 25.2 Å². The number of nitrogens with one attached hydrogen (secondary N) is 1. The van der Waals surface area contributed by atoms with E-state index in [1.54, 1.807) is 0 Å². The molecule has 110 valence electrons. The third kappa shape index (κ3) is 3.24. The molecule has 1 amide bonds. The molecule has 1 unspecified atom stereocenters. The molecule has 1 atom stereocenters. The molecule has 1 heterocycles. The fraction of sp³-hybridized carbons (Fsp3) is 0.562. The molecule has 4 nitrogen and oxygen atoms in total. The summed E-state index contributed by atoms with van der Waals surface area (Å²) in [4.78, 5) is 14.0. The van der Waals surface area contributed by atoms with Crippen molar-refractivity contribution in [1.29, 1.82) is 0 Å². The van der Waals surface area contributed by atoms with Gasteiger partial charge in [-0.05, 0) is 43.4 Å². The molecule has 0 aromatic heterocycles. The molecule has 1 aromatic carbocycles. The van der Waals surface area contributed by atoms with Gasteiger partial charge in [-0.25, -0.2) is 0 Å². The highest BCUT2D eigenvalue weighted by atomic mass is 16.1. The monoisotopic (exact) mass is 275 g/mol. The predicted molar refractivity (Wildman–Crippen MR) is 85.1 cm³/mol. The van der Waals surface area contributed by atoms with Crippen LogP contribution in [0.25, 0.3) is 0 Å². The largest absolute Gasteiger partial charge is 0.397 e. The molecule has 0 aliphatic carbocycles. The van der Waals surface area contributed by atoms with Crippen molar-refractivity contribution in [2.24, 2.45) is 5.92 Å². The number of anilines is 3. The van der Waals surface area contributed by atoms with Crippen LogP contribution in [0.2, 0.25) is 0 Å². The van der Waals surface area contributed by atoms with Crippen molar-refractivity contribution in [1.82, 2.24) is 0 Å². The smallest absolute Gasteiger partial charge is 0.224 e. The molecule has 1 aliphatic heterocycles. The van der Waals surface area contributed by atoms with Gasteiger partial charge in [0.15, 0.2) is 0 Å². The van der Waals surface area contributed by atoms with E-state index in [2.05, 4.69) is 24.1 Å². The Labute approximate surface area is 121 Å². The standard InChI is InChI=1S/C16H25N3O/c1-4-16(20)18-14-9-15(12(3)8-13(14)17)19-7-5-6-11(2)10-19/h8-9,11H,4-7,10,17H2,1-3H3,(H,18,20). The van der Waals surface area contributed by atoms with E-state index in [9.17, 15) is 4.79 Å². The van der Waals surface area contributed by atoms with Crippen LogP contribution in [0.3, 0.4) is 0 Å². The zero-order valence-electron chi connectivity index (χ0n) is 12.7. The number of hydrogen-bond donors (Lipinski definition) is 2. The van der Waals surface area contributed by atoms with Gasteiger partial charge in [-0.3, -0.25) is 4.79 Å². The zero-order valence-corrected chi connectivity index (χ0v) is 12.7. The minimum absolute atomic E-state index is 0.00137. The van der Waals surface area contributed by atoms with Gasteiger partial charge in [0.25, 0.3) is 0 Å². The number of carbonyl (C=O) groups is 1. The lowest BCUT2D eigenvalue weighted by atomic mass is 9.98. The summed E-state index contributed by atoms with van der Waals surface area (Å²) in [5.74, 6) is 0.716. The molecule has 1 aliphatic rings. The topological polar surface area (TPSA) is 58.4 Å². The Bertz CT molecular complexity index is 499. The van der Waals surface area contributed by atoms with Crippen molar-refractivity contribution in [2.45, 2.75) is 40.0 Å². The number of rotatable bonds is 3. The van der Waals surface area contributed by atoms with Crippen molar-refractivity contribution in [3.05, 3.63) is 17.7 Å². The van der Waals surface area contributed by atoms with Crippen LogP contribution in [0.5, 0.6) is 0 Å². The molecule has 4 heteroatoms. The molecule has 20 heavy (non-hydrogen) atoms. The molecule has 0 bridgehead atoms. The Hall–Kier alpha value is -1.71. The minimum atomic E-state index is -0.00137. The summed E-state index contributed by atoms with van der Waals surface area (Å²) >= 11 is 0. The Morgan fingerprint density at radius 3 is 2.90 bits per heavy atom. The maximum atomic E-state index is 11.6. The number of nitrogens with two attached hydrogens (primary N) is 1. The Kier molecular flexibility index (Phi) is 4.53. The molecular weight excluding hydrogens is 250 g/mol. The lowest BCUT2D eigenvalue weighted by molar-refractivity contribution is -0.115. The minimum Gasteiger partial charge on any atom is -0.397 e. The van der Waals surface area contributed by atoms with Gasteiger partial charge in [-0.1, -0.05) is 13.8 Å².